The van der Waals surface area contributed by atoms with Crippen molar-refractivity contribution < 1.29 is 19.1 Å². The molecule has 0 amide bonds. The Morgan fingerprint density at radius 1 is 1.17 bits per heavy atom. The summed E-state index contributed by atoms with van der Waals surface area (Å²) in [4.78, 5) is 23.9. The summed E-state index contributed by atoms with van der Waals surface area (Å²) in [5.41, 5.74) is -1.01. The van der Waals surface area contributed by atoms with Crippen molar-refractivity contribution in [3.63, 3.8) is 0 Å². The topological polar surface area (TPSA) is 52.6 Å². The number of ether oxygens (including phenoxy) is 2. The lowest BCUT2D eigenvalue weighted by molar-refractivity contribution is -0.164. The van der Waals surface area contributed by atoms with E-state index in [9.17, 15) is 9.59 Å². The molecule has 0 saturated carbocycles. The summed E-state index contributed by atoms with van der Waals surface area (Å²) in [7, 11) is 0. The van der Waals surface area contributed by atoms with Crippen molar-refractivity contribution in [1.82, 2.24) is 0 Å². The predicted octanol–water partition coefficient (Wildman–Crippen LogP) is 3.01. The van der Waals surface area contributed by atoms with E-state index in [1.807, 2.05) is 51.1 Å². The van der Waals surface area contributed by atoms with Crippen LogP contribution >= 0.6 is 0 Å². The largest absolute Gasteiger partial charge is 0.486 e. The second kappa shape index (κ2) is 5.92. The van der Waals surface area contributed by atoms with Crippen LogP contribution in [0, 0.1) is 11.8 Å². The third kappa shape index (κ3) is 3.45. The molecule has 1 aromatic carbocycles. The summed E-state index contributed by atoms with van der Waals surface area (Å²) in [6.07, 6.45) is 0. The molecule has 4 nitrogen and oxygen atoms in total. The normalized spacial score (nSPS) is 20.3. The van der Waals surface area contributed by atoms with Crippen LogP contribution in [0.1, 0.15) is 40.2 Å². The van der Waals surface area contributed by atoms with E-state index in [0.29, 0.717) is 11.3 Å². The van der Waals surface area contributed by atoms with Crippen LogP contribution < -0.4 is 0 Å². The molecule has 0 aliphatic heterocycles. The van der Waals surface area contributed by atoms with Gasteiger partial charge in [-0.1, -0.05) is 24.1 Å². The highest BCUT2D eigenvalue weighted by Crippen LogP contribution is 2.41. The van der Waals surface area contributed by atoms with Crippen molar-refractivity contribution in [3.05, 3.63) is 47.2 Å². The summed E-state index contributed by atoms with van der Waals surface area (Å²) in [5.74, 6) is 5.10. The molecule has 120 valence electrons. The maximum atomic E-state index is 12.4. The van der Waals surface area contributed by atoms with E-state index in [2.05, 4.69) is 11.8 Å². The first-order valence-corrected chi connectivity index (χ1v) is 7.39. The van der Waals surface area contributed by atoms with E-state index >= 15 is 0 Å². The molecule has 0 fully saturated rings. The average molecular weight is 312 g/mol. The minimum Gasteiger partial charge on any atom is -0.486 e. The Bertz CT molecular complexity index is 726. The maximum absolute atomic E-state index is 12.4. The molecule has 23 heavy (non-hydrogen) atoms. The highest BCUT2D eigenvalue weighted by molar-refractivity contribution is 6.14. The van der Waals surface area contributed by atoms with Crippen molar-refractivity contribution in [3.8, 4) is 11.8 Å². The van der Waals surface area contributed by atoms with E-state index < -0.39 is 17.2 Å². The Morgan fingerprint density at radius 2 is 1.78 bits per heavy atom. The van der Waals surface area contributed by atoms with Crippen LogP contribution in [0.2, 0.25) is 0 Å². The van der Waals surface area contributed by atoms with Gasteiger partial charge in [-0.3, -0.25) is 9.59 Å². The smallest absolute Gasteiger partial charge is 0.304 e. The molecule has 0 saturated heterocycles. The van der Waals surface area contributed by atoms with Crippen LogP contribution in [-0.4, -0.2) is 23.0 Å². The molecule has 2 rings (SSSR count). The van der Waals surface area contributed by atoms with Gasteiger partial charge in [-0.2, -0.15) is 0 Å². The van der Waals surface area contributed by atoms with Gasteiger partial charge >= 0.3 is 5.97 Å². The van der Waals surface area contributed by atoms with Crippen LogP contribution in [0.3, 0.4) is 0 Å². The third-order valence-corrected chi connectivity index (χ3v) is 3.18. The zero-order chi connectivity index (χ0) is 17.3. The van der Waals surface area contributed by atoms with Crippen LogP contribution in [0.4, 0.5) is 0 Å². The summed E-state index contributed by atoms with van der Waals surface area (Å²) in [6, 6.07) is 9.20. The molecule has 0 N–H and O–H groups in total. The second-order valence-electron chi connectivity index (χ2n) is 6.39. The first-order chi connectivity index (χ1) is 10.7. The van der Waals surface area contributed by atoms with Gasteiger partial charge in [0.2, 0.25) is 5.78 Å². The van der Waals surface area contributed by atoms with Gasteiger partial charge in [0.1, 0.15) is 5.60 Å². The van der Waals surface area contributed by atoms with Crippen molar-refractivity contribution in [2.24, 2.45) is 0 Å². The fourth-order valence-corrected chi connectivity index (χ4v) is 2.26. The number of esters is 1. The number of hydrogen-bond acceptors (Lipinski definition) is 4. The third-order valence-electron chi connectivity index (χ3n) is 3.18. The van der Waals surface area contributed by atoms with E-state index in [1.54, 1.807) is 6.92 Å². The van der Waals surface area contributed by atoms with Gasteiger partial charge < -0.3 is 9.47 Å². The van der Waals surface area contributed by atoms with Crippen molar-refractivity contribution in [1.29, 1.82) is 0 Å². The zero-order valence-corrected chi connectivity index (χ0v) is 14.0. The standard InChI is InChI=1S/C19H20O4/c1-13-16(21)19(22-14(2)20,17(13)23-18(3,4)5)12-11-15-9-7-6-8-10-15/h6-10H,1-5H3. The van der Waals surface area contributed by atoms with Crippen LogP contribution in [-0.2, 0) is 19.1 Å². The van der Waals surface area contributed by atoms with E-state index in [-0.39, 0.29) is 5.78 Å². The van der Waals surface area contributed by atoms with Gasteiger partial charge in [-0.05, 0) is 45.7 Å². The molecule has 1 unspecified atom stereocenters. The van der Waals surface area contributed by atoms with Crippen LogP contribution in [0.15, 0.2) is 41.7 Å². The Kier molecular flexibility index (Phi) is 4.33. The minimum atomic E-state index is -1.64. The van der Waals surface area contributed by atoms with Gasteiger partial charge in [-0.15, -0.1) is 0 Å². The molecule has 4 heteroatoms. The van der Waals surface area contributed by atoms with Crippen molar-refractivity contribution in [2.45, 2.75) is 45.8 Å². The quantitative estimate of drug-likeness (QED) is 0.622. The lowest BCUT2D eigenvalue weighted by atomic mass is 9.78. The monoisotopic (exact) mass is 312 g/mol. The maximum Gasteiger partial charge on any atom is 0.304 e. The fraction of sp³-hybridized carbons (Fsp3) is 0.368. The lowest BCUT2D eigenvalue weighted by Gasteiger charge is -2.40. The summed E-state index contributed by atoms with van der Waals surface area (Å²) in [5, 5.41) is 0. The Balaban J connectivity index is 2.47. The Morgan fingerprint density at radius 3 is 2.30 bits per heavy atom. The SMILES string of the molecule is CC(=O)OC1(C#Cc2ccccc2)C(=O)C(C)=C1OC(C)(C)C. The van der Waals surface area contributed by atoms with Gasteiger partial charge in [-0.25, -0.2) is 0 Å². The Labute approximate surface area is 136 Å². The number of carbonyl (C=O) groups is 2. The number of rotatable bonds is 2. The summed E-state index contributed by atoms with van der Waals surface area (Å²) in [6.45, 7) is 8.48. The van der Waals surface area contributed by atoms with Crippen molar-refractivity contribution >= 4 is 11.8 Å². The molecule has 1 aliphatic rings. The molecular formula is C19H20O4. The number of Topliss-reactive ketones (excluding diaryl/α,β-unsaturated/α-hetero) is 1. The highest BCUT2D eigenvalue weighted by Gasteiger charge is 2.57. The second-order valence-corrected chi connectivity index (χ2v) is 6.39. The predicted molar refractivity (Wildman–Crippen MR) is 86.4 cm³/mol. The Hall–Kier alpha value is -2.54. The molecule has 0 spiro atoms. The van der Waals surface area contributed by atoms with E-state index in [0.717, 1.165) is 5.56 Å². The molecule has 1 atom stereocenters. The number of ketones is 1. The zero-order valence-electron chi connectivity index (χ0n) is 14.0. The summed E-state index contributed by atoms with van der Waals surface area (Å²) < 4.78 is 11.1. The number of carbonyl (C=O) groups excluding carboxylic acids is 2. The van der Waals surface area contributed by atoms with Gasteiger partial charge in [0.05, 0.1) is 0 Å². The van der Waals surface area contributed by atoms with Gasteiger partial charge in [0, 0.05) is 18.1 Å². The molecule has 0 heterocycles. The molecule has 1 aliphatic carbocycles. The molecule has 0 bridgehead atoms. The lowest BCUT2D eigenvalue weighted by Crippen LogP contribution is -2.54. The first-order valence-electron chi connectivity index (χ1n) is 7.39. The molecular weight excluding hydrogens is 292 g/mol. The fourth-order valence-electron chi connectivity index (χ4n) is 2.26. The van der Waals surface area contributed by atoms with E-state index in [4.69, 9.17) is 9.47 Å². The van der Waals surface area contributed by atoms with Gasteiger partial charge in [0.15, 0.2) is 5.76 Å². The van der Waals surface area contributed by atoms with Crippen LogP contribution in [0.25, 0.3) is 0 Å². The first kappa shape index (κ1) is 16.8. The molecule has 0 aromatic heterocycles. The number of hydrogen-bond donors (Lipinski definition) is 0. The van der Waals surface area contributed by atoms with Crippen molar-refractivity contribution in [2.75, 3.05) is 0 Å². The van der Waals surface area contributed by atoms with Crippen LogP contribution in [0.5, 0.6) is 0 Å². The summed E-state index contributed by atoms with van der Waals surface area (Å²) >= 11 is 0. The minimum absolute atomic E-state index is 0.314. The van der Waals surface area contributed by atoms with Gasteiger partial charge in [0.25, 0.3) is 5.60 Å². The average Bonchev–Trinajstić information content (AvgIpc) is 2.48. The molecule has 1 aromatic rings. The number of benzene rings is 1. The molecule has 0 radical (unpaired) electrons. The highest BCUT2D eigenvalue weighted by atomic mass is 16.6. The van der Waals surface area contributed by atoms with E-state index in [1.165, 1.54) is 6.92 Å².